The fourth-order valence-corrected chi connectivity index (χ4v) is 2.54. The van der Waals surface area contributed by atoms with E-state index in [1.165, 1.54) is 7.11 Å². The zero-order valence-corrected chi connectivity index (χ0v) is 12.3. The van der Waals surface area contributed by atoms with Crippen molar-refractivity contribution in [2.45, 2.75) is 25.4 Å². The fraction of sp³-hybridized carbons (Fsp3) is 0.462. The van der Waals surface area contributed by atoms with Crippen molar-refractivity contribution in [1.29, 1.82) is 0 Å². The van der Waals surface area contributed by atoms with Crippen LogP contribution in [0.1, 0.15) is 18.4 Å². The summed E-state index contributed by atoms with van der Waals surface area (Å²) in [6.45, 7) is 1.32. The third-order valence-electron chi connectivity index (χ3n) is 3.17. The molecule has 1 aliphatic rings. The number of halogens is 1. The van der Waals surface area contributed by atoms with Gasteiger partial charge in [-0.25, -0.2) is 0 Å². The SMILES string of the molecule is COc1cc(CNC2CCC(=O)NC2)cc(Br)c1O. The number of hydrogen-bond acceptors (Lipinski definition) is 4. The molecular formula is C13H17BrN2O3. The summed E-state index contributed by atoms with van der Waals surface area (Å²) in [4.78, 5) is 11.1. The maximum atomic E-state index is 11.1. The molecule has 1 atom stereocenters. The van der Waals surface area contributed by atoms with Crippen molar-refractivity contribution in [3.05, 3.63) is 22.2 Å². The number of hydrogen-bond donors (Lipinski definition) is 3. The van der Waals surface area contributed by atoms with E-state index in [0.717, 1.165) is 12.0 Å². The van der Waals surface area contributed by atoms with Gasteiger partial charge in [0.05, 0.1) is 11.6 Å². The number of phenolic OH excluding ortho intramolecular Hbond substituents is 1. The zero-order chi connectivity index (χ0) is 13.8. The Hall–Kier alpha value is -1.27. The Morgan fingerprint density at radius 2 is 2.37 bits per heavy atom. The van der Waals surface area contributed by atoms with E-state index in [9.17, 15) is 9.90 Å². The van der Waals surface area contributed by atoms with Crippen molar-refractivity contribution in [3.8, 4) is 11.5 Å². The standard InChI is InChI=1S/C13H17BrN2O3/c1-19-11-5-8(4-10(14)13(11)18)6-15-9-2-3-12(17)16-7-9/h4-5,9,15,18H,2-3,6-7H2,1H3,(H,16,17). The van der Waals surface area contributed by atoms with E-state index < -0.39 is 0 Å². The quantitative estimate of drug-likeness (QED) is 0.784. The zero-order valence-electron chi connectivity index (χ0n) is 10.7. The molecule has 1 heterocycles. The number of rotatable bonds is 4. The summed E-state index contributed by atoms with van der Waals surface area (Å²) in [6.07, 6.45) is 1.42. The molecule has 5 nitrogen and oxygen atoms in total. The van der Waals surface area contributed by atoms with Crippen molar-refractivity contribution >= 4 is 21.8 Å². The van der Waals surface area contributed by atoms with Crippen molar-refractivity contribution in [2.24, 2.45) is 0 Å². The lowest BCUT2D eigenvalue weighted by atomic mass is 10.1. The van der Waals surface area contributed by atoms with E-state index in [-0.39, 0.29) is 17.7 Å². The van der Waals surface area contributed by atoms with Crippen LogP contribution in [0.3, 0.4) is 0 Å². The van der Waals surface area contributed by atoms with Gasteiger partial charge >= 0.3 is 0 Å². The first kappa shape index (κ1) is 14.1. The number of methoxy groups -OCH3 is 1. The average Bonchev–Trinajstić information content (AvgIpc) is 2.41. The van der Waals surface area contributed by atoms with E-state index in [1.807, 2.05) is 6.07 Å². The Labute approximate surface area is 120 Å². The van der Waals surface area contributed by atoms with Gasteiger partial charge in [0, 0.05) is 25.6 Å². The summed E-state index contributed by atoms with van der Waals surface area (Å²) < 4.78 is 5.72. The van der Waals surface area contributed by atoms with E-state index in [2.05, 4.69) is 26.6 Å². The largest absolute Gasteiger partial charge is 0.503 e. The van der Waals surface area contributed by atoms with E-state index in [0.29, 0.717) is 29.7 Å². The Morgan fingerprint density at radius 1 is 1.58 bits per heavy atom. The molecule has 1 saturated heterocycles. The minimum absolute atomic E-state index is 0.108. The number of phenols is 1. The lowest BCUT2D eigenvalue weighted by Crippen LogP contribution is -2.45. The van der Waals surface area contributed by atoms with Gasteiger partial charge in [-0.1, -0.05) is 0 Å². The number of piperidine rings is 1. The maximum Gasteiger partial charge on any atom is 0.220 e. The lowest BCUT2D eigenvalue weighted by molar-refractivity contribution is -0.122. The number of carbonyl (C=O) groups excluding carboxylic acids is 1. The number of ether oxygens (including phenoxy) is 1. The molecule has 0 radical (unpaired) electrons. The van der Waals surface area contributed by atoms with Crippen LogP contribution in [0.25, 0.3) is 0 Å². The summed E-state index contributed by atoms with van der Waals surface area (Å²) in [6, 6.07) is 3.94. The van der Waals surface area contributed by atoms with Crippen molar-refractivity contribution in [1.82, 2.24) is 10.6 Å². The molecule has 1 fully saturated rings. The highest BCUT2D eigenvalue weighted by Crippen LogP contribution is 2.35. The highest BCUT2D eigenvalue weighted by molar-refractivity contribution is 9.10. The van der Waals surface area contributed by atoms with Gasteiger partial charge in [-0.3, -0.25) is 4.79 Å². The molecule has 6 heteroatoms. The highest BCUT2D eigenvalue weighted by Gasteiger charge is 2.17. The van der Waals surface area contributed by atoms with Crippen LogP contribution < -0.4 is 15.4 Å². The number of carbonyl (C=O) groups is 1. The van der Waals surface area contributed by atoms with Crippen LogP contribution in [-0.2, 0) is 11.3 Å². The molecule has 0 aromatic heterocycles. The van der Waals surface area contributed by atoms with Crippen LogP contribution in [0.2, 0.25) is 0 Å². The molecule has 0 spiro atoms. The monoisotopic (exact) mass is 328 g/mol. The molecule has 1 aromatic carbocycles. The minimum atomic E-state index is 0.108. The van der Waals surface area contributed by atoms with Crippen LogP contribution >= 0.6 is 15.9 Å². The second kappa shape index (κ2) is 6.25. The topological polar surface area (TPSA) is 70.6 Å². The van der Waals surface area contributed by atoms with Crippen LogP contribution in [0.5, 0.6) is 11.5 Å². The average molecular weight is 329 g/mol. The highest BCUT2D eigenvalue weighted by atomic mass is 79.9. The summed E-state index contributed by atoms with van der Waals surface area (Å²) >= 11 is 3.30. The Morgan fingerprint density at radius 3 is 3.00 bits per heavy atom. The molecule has 1 aliphatic heterocycles. The summed E-state index contributed by atoms with van der Waals surface area (Å²) in [7, 11) is 1.52. The third-order valence-corrected chi connectivity index (χ3v) is 3.77. The summed E-state index contributed by atoms with van der Waals surface area (Å²) in [5.74, 6) is 0.673. The summed E-state index contributed by atoms with van der Waals surface area (Å²) in [5, 5.41) is 15.9. The van der Waals surface area contributed by atoms with Gasteiger partial charge in [0.25, 0.3) is 0 Å². The first-order chi connectivity index (χ1) is 9.10. The molecule has 1 aromatic rings. The van der Waals surface area contributed by atoms with Gasteiger partial charge in [0.2, 0.25) is 5.91 Å². The first-order valence-electron chi connectivity index (χ1n) is 6.15. The Bertz CT molecular complexity index is 469. The second-order valence-corrected chi connectivity index (χ2v) is 5.40. The molecular weight excluding hydrogens is 312 g/mol. The van der Waals surface area contributed by atoms with E-state index >= 15 is 0 Å². The van der Waals surface area contributed by atoms with Crippen LogP contribution in [0.15, 0.2) is 16.6 Å². The number of benzene rings is 1. The number of amides is 1. The predicted octanol–water partition coefficient (Wildman–Crippen LogP) is 1.53. The molecule has 3 N–H and O–H groups in total. The van der Waals surface area contributed by atoms with Crippen LogP contribution in [0, 0.1) is 0 Å². The van der Waals surface area contributed by atoms with Gasteiger partial charge in [0.1, 0.15) is 0 Å². The molecule has 19 heavy (non-hydrogen) atoms. The van der Waals surface area contributed by atoms with Crippen molar-refractivity contribution in [3.63, 3.8) is 0 Å². The van der Waals surface area contributed by atoms with Gasteiger partial charge < -0.3 is 20.5 Å². The molecule has 1 unspecified atom stereocenters. The minimum Gasteiger partial charge on any atom is -0.503 e. The van der Waals surface area contributed by atoms with Gasteiger partial charge in [0.15, 0.2) is 11.5 Å². The normalized spacial score (nSPS) is 19.1. The van der Waals surface area contributed by atoms with E-state index in [1.54, 1.807) is 6.07 Å². The van der Waals surface area contributed by atoms with Crippen molar-refractivity contribution < 1.29 is 14.6 Å². The maximum absolute atomic E-state index is 11.1. The molecule has 0 aliphatic carbocycles. The molecule has 0 saturated carbocycles. The summed E-state index contributed by atoms with van der Waals surface area (Å²) in [5.41, 5.74) is 1.01. The number of aromatic hydroxyl groups is 1. The van der Waals surface area contributed by atoms with Crippen molar-refractivity contribution in [2.75, 3.05) is 13.7 Å². The fourth-order valence-electron chi connectivity index (χ4n) is 2.05. The van der Waals surface area contributed by atoms with Crippen LogP contribution in [-0.4, -0.2) is 30.7 Å². The van der Waals surface area contributed by atoms with Gasteiger partial charge in [-0.2, -0.15) is 0 Å². The van der Waals surface area contributed by atoms with Gasteiger partial charge in [-0.15, -0.1) is 0 Å². The van der Waals surface area contributed by atoms with E-state index in [4.69, 9.17) is 4.74 Å². The first-order valence-corrected chi connectivity index (χ1v) is 6.95. The predicted molar refractivity (Wildman–Crippen MR) is 75.2 cm³/mol. The van der Waals surface area contributed by atoms with Crippen LogP contribution in [0.4, 0.5) is 0 Å². The molecule has 104 valence electrons. The lowest BCUT2D eigenvalue weighted by Gasteiger charge is -2.23. The molecule has 1 amide bonds. The second-order valence-electron chi connectivity index (χ2n) is 4.55. The third kappa shape index (κ3) is 3.61. The number of nitrogens with one attached hydrogen (secondary N) is 2. The van der Waals surface area contributed by atoms with Gasteiger partial charge in [-0.05, 0) is 40.0 Å². The Balaban J connectivity index is 1.96. The smallest absolute Gasteiger partial charge is 0.220 e. The molecule has 0 bridgehead atoms. The Kier molecular flexibility index (Phi) is 4.66. The molecule has 2 rings (SSSR count).